The molecule has 1 aliphatic heterocycles. The van der Waals surface area contributed by atoms with Crippen LogP contribution in [0.15, 0.2) is 48.5 Å². The van der Waals surface area contributed by atoms with Crippen molar-refractivity contribution in [3.8, 4) is 11.1 Å². The number of aliphatic carboxylic acids is 1. The molecule has 0 radical (unpaired) electrons. The van der Waals surface area contributed by atoms with Crippen molar-refractivity contribution in [3.05, 3.63) is 59.7 Å². The number of morpholine rings is 1. The summed E-state index contributed by atoms with van der Waals surface area (Å²) in [4.78, 5) is 37.5. The molecule has 2 aliphatic rings. The number of amides is 2. The summed E-state index contributed by atoms with van der Waals surface area (Å²) in [6.45, 7) is 2.69. The maximum absolute atomic E-state index is 12.4. The fourth-order valence-electron chi connectivity index (χ4n) is 4.34. The van der Waals surface area contributed by atoms with E-state index in [1.54, 1.807) is 0 Å². The van der Waals surface area contributed by atoms with Crippen LogP contribution >= 0.6 is 11.8 Å². The van der Waals surface area contributed by atoms with Gasteiger partial charge in [0.05, 0.1) is 18.9 Å². The van der Waals surface area contributed by atoms with Crippen molar-refractivity contribution in [2.24, 2.45) is 0 Å². The molecule has 0 bridgehead atoms. The summed E-state index contributed by atoms with van der Waals surface area (Å²) in [5.41, 5.74) is 3.30. The lowest BCUT2D eigenvalue weighted by molar-refractivity contribution is -0.176. The zero-order valence-electron chi connectivity index (χ0n) is 19.0. The van der Waals surface area contributed by atoms with Gasteiger partial charge >= 0.3 is 12.1 Å². The summed E-state index contributed by atoms with van der Waals surface area (Å²) < 4.78 is 10.8. The fourth-order valence-corrected chi connectivity index (χ4v) is 5.09. The molecule has 1 aliphatic carbocycles. The summed E-state index contributed by atoms with van der Waals surface area (Å²) in [5, 5.41) is 12.0. The SMILES string of the molecule is CC1(C(=O)O)CN(C(=O)CSCCNC(=O)OCC2c3ccccc3-c3ccccc32)CCO1. The van der Waals surface area contributed by atoms with Crippen molar-refractivity contribution < 1.29 is 29.0 Å². The van der Waals surface area contributed by atoms with E-state index >= 15 is 0 Å². The third-order valence-electron chi connectivity index (χ3n) is 6.16. The molecule has 0 aromatic heterocycles. The van der Waals surface area contributed by atoms with Crippen molar-refractivity contribution in [2.75, 3.05) is 44.4 Å². The van der Waals surface area contributed by atoms with Gasteiger partial charge in [0.1, 0.15) is 6.61 Å². The number of carboxylic acid groups (broad SMARTS) is 1. The number of carbonyl (C=O) groups is 3. The second-order valence-corrected chi connectivity index (χ2v) is 9.61. The Labute approximate surface area is 202 Å². The smallest absolute Gasteiger partial charge is 0.407 e. The molecule has 0 spiro atoms. The van der Waals surface area contributed by atoms with E-state index in [0.29, 0.717) is 18.8 Å². The molecular formula is C25H28N2O6S. The number of carboxylic acids is 1. The van der Waals surface area contributed by atoms with Gasteiger partial charge in [0.2, 0.25) is 5.91 Å². The van der Waals surface area contributed by atoms with E-state index in [2.05, 4.69) is 29.6 Å². The molecule has 180 valence electrons. The zero-order valence-corrected chi connectivity index (χ0v) is 19.8. The summed E-state index contributed by atoms with van der Waals surface area (Å²) in [7, 11) is 0. The number of nitrogens with one attached hydrogen (secondary N) is 1. The number of hydrogen-bond acceptors (Lipinski definition) is 6. The van der Waals surface area contributed by atoms with Crippen molar-refractivity contribution >= 4 is 29.7 Å². The summed E-state index contributed by atoms with van der Waals surface area (Å²) in [6, 6.07) is 16.3. The van der Waals surface area contributed by atoms with Crippen LogP contribution in [-0.2, 0) is 19.1 Å². The molecule has 2 amide bonds. The lowest BCUT2D eigenvalue weighted by Crippen LogP contribution is -2.56. The average molecular weight is 485 g/mol. The molecule has 1 atom stereocenters. The molecule has 0 saturated carbocycles. The highest BCUT2D eigenvalue weighted by molar-refractivity contribution is 7.99. The number of rotatable bonds is 8. The second kappa shape index (κ2) is 10.5. The van der Waals surface area contributed by atoms with Crippen LogP contribution in [0.4, 0.5) is 4.79 Å². The third kappa shape index (κ3) is 5.20. The van der Waals surface area contributed by atoms with Gasteiger partial charge in [-0.05, 0) is 29.2 Å². The van der Waals surface area contributed by atoms with Crippen LogP contribution in [0.3, 0.4) is 0 Å². The predicted octanol–water partition coefficient (Wildman–Crippen LogP) is 2.96. The van der Waals surface area contributed by atoms with Gasteiger partial charge in [0.25, 0.3) is 0 Å². The van der Waals surface area contributed by atoms with Gasteiger partial charge in [-0.15, -0.1) is 0 Å². The Balaban J connectivity index is 1.17. The maximum atomic E-state index is 12.4. The Hall–Kier alpha value is -3.04. The number of ether oxygens (including phenoxy) is 2. The first-order valence-electron chi connectivity index (χ1n) is 11.2. The van der Waals surface area contributed by atoms with Crippen molar-refractivity contribution in [1.82, 2.24) is 10.2 Å². The quantitative estimate of drug-likeness (QED) is 0.555. The van der Waals surface area contributed by atoms with E-state index in [-0.39, 0.29) is 37.3 Å². The Bertz CT molecular complexity index is 1030. The molecule has 2 aromatic carbocycles. The minimum absolute atomic E-state index is 0.00940. The predicted molar refractivity (Wildman–Crippen MR) is 129 cm³/mol. The molecule has 1 heterocycles. The number of benzene rings is 2. The van der Waals surface area contributed by atoms with E-state index in [4.69, 9.17) is 9.47 Å². The average Bonchev–Trinajstić information content (AvgIpc) is 3.16. The highest BCUT2D eigenvalue weighted by atomic mass is 32.2. The summed E-state index contributed by atoms with van der Waals surface area (Å²) in [5.74, 6) is -0.458. The first-order valence-corrected chi connectivity index (χ1v) is 12.4. The highest BCUT2D eigenvalue weighted by Gasteiger charge is 2.40. The normalized spacial score (nSPS) is 19.3. The van der Waals surface area contributed by atoms with Crippen LogP contribution in [0, 0.1) is 0 Å². The second-order valence-electron chi connectivity index (χ2n) is 8.50. The van der Waals surface area contributed by atoms with Crippen molar-refractivity contribution in [2.45, 2.75) is 18.4 Å². The van der Waals surface area contributed by atoms with Gasteiger partial charge in [0.15, 0.2) is 5.60 Å². The monoisotopic (exact) mass is 484 g/mol. The minimum atomic E-state index is -1.37. The highest BCUT2D eigenvalue weighted by Crippen LogP contribution is 2.44. The molecule has 4 rings (SSSR count). The molecule has 2 aromatic rings. The van der Waals surface area contributed by atoms with Crippen LogP contribution < -0.4 is 5.32 Å². The molecule has 2 N–H and O–H groups in total. The van der Waals surface area contributed by atoms with E-state index in [1.165, 1.54) is 34.7 Å². The summed E-state index contributed by atoms with van der Waals surface area (Å²) in [6.07, 6.45) is -0.487. The van der Waals surface area contributed by atoms with Gasteiger partial charge in [-0.3, -0.25) is 4.79 Å². The standard InChI is InChI=1S/C25H28N2O6S/c1-25(23(29)30)16-27(11-12-33-25)22(28)15-34-13-10-26-24(31)32-14-21-19-8-4-2-6-17(19)18-7-3-5-9-20(18)21/h2-9,21H,10-16H2,1H3,(H,26,31)(H,29,30). The minimum Gasteiger partial charge on any atom is -0.479 e. The number of hydrogen-bond donors (Lipinski definition) is 2. The van der Waals surface area contributed by atoms with Crippen molar-refractivity contribution in [3.63, 3.8) is 0 Å². The Morgan fingerprint density at radius 2 is 1.79 bits per heavy atom. The molecule has 1 saturated heterocycles. The fraction of sp³-hybridized carbons (Fsp3) is 0.400. The van der Waals surface area contributed by atoms with Crippen LogP contribution in [-0.4, -0.2) is 77.9 Å². The third-order valence-corrected chi connectivity index (χ3v) is 7.11. The number of carbonyl (C=O) groups excluding carboxylic acids is 2. The van der Waals surface area contributed by atoms with Gasteiger partial charge in [-0.25, -0.2) is 9.59 Å². The van der Waals surface area contributed by atoms with Crippen LogP contribution in [0.2, 0.25) is 0 Å². The molecule has 34 heavy (non-hydrogen) atoms. The molecule has 9 heteroatoms. The van der Waals surface area contributed by atoms with E-state index in [1.807, 2.05) is 24.3 Å². The molecule has 1 fully saturated rings. The number of nitrogens with zero attached hydrogens (tertiary/aromatic N) is 1. The van der Waals surface area contributed by atoms with E-state index in [9.17, 15) is 19.5 Å². The Morgan fingerprint density at radius 3 is 2.44 bits per heavy atom. The van der Waals surface area contributed by atoms with Crippen LogP contribution in [0.5, 0.6) is 0 Å². The van der Waals surface area contributed by atoms with Crippen LogP contribution in [0.1, 0.15) is 24.0 Å². The van der Waals surface area contributed by atoms with Gasteiger partial charge in [-0.2, -0.15) is 11.8 Å². The van der Waals surface area contributed by atoms with Crippen molar-refractivity contribution in [1.29, 1.82) is 0 Å². The topological polar surface area (TPSA) is 105 Å². The number of thioether (sulfide) groups is 1. The van der Waals surface area contributed by atoms with Gasteiger partial charge in [-0.1, -0.05) is 48.5 Å². The van der Waals surface area contributed by atoms with Gasteiger partial charge < -0.3 is 24.8 Å². The molecular weight excluding hydrogens is 456 g/mol. The molecule has 8 nitrogen and oxygen atoms in total. The number of alkyl carbamates (subject to hydrolysis) is 1. The lowest BCUT2D eigenvalue weighted by atomic mass is 9.98. The van der Waals surface area contributed by atoms with Crippen LogP contribution in [0.25, 0.3) is 11.1 Å². The largest absolute Gasteiger partial charge is 0.479 e. The lowest BCUT2D eigenvalue weighted by Gasteiger charge is -2.37. The van der Waals surface area contributed by atoms with E-state index in [0.717, 1.165) is 11.1 Å². The maximum Gasteiger partial charge on any atom is 0.407 e. The zero-order chi connectivity index (χ0) is 24.1. The molecule has 1 unspecified atom stereocenters. The first kappa shape index (κ1) is 24.1. The first-order chi connectivity index (χ1) is 16.4. The Kier molecular flexibility index (Phi) is 7.43. The number of fused-ring (bicyclic) bond motifs is 3. The van der Waals surface area contributed by atoms with E-state index < -0.39 is 17.7 Å². The van der Waals surface area contributed by atoms with Gasteiger partial charge in [0, 0.05) is 24.8 Å². The summed E-state index contributed by atoms with van der Waals surface area (Å²) >= 11 is 1.38. The Morgan fingerprint density at radius 1 is 1.15 bits per heavy atom.